The van der Waals surface area contributed by atoms with Crippen molar-refractivity contribution in [3.05, 3.63) is 16.3 Å². The van der Waals surface area contributed by atoms with Gasteiger partial charge in [-0.3, -0.25) is 14.9 Å². The summed E-state index contributed by atoms with van der Waals surface area (Å²) in [5, 5.41) is 14.4. The molecule has 0 aromatic carbocycles. The summed E-state index contributed by atoms with van der Waals surface area (Å²) < 4.78 is 0. The molecule has 2 heterocycles. The Morgan fingerprint density at radius 3 is 3.00 bits per heavy atom. The first kappa shape index (κ1) is 13.7. The average molecular weight is 285 g/mol. The van der Waals surface area contributed by atoms with Crippen LogP contribution in [0.2, 0.25) is 0 Å². The van der Waals surface area contributed by atoms with Crippen molar-refractivity contribution in [3.8, 4) is 0 Å². The van der Waals surface area contributed by atoms with Gasteiger partial charge in [0, 0.05) is 33.7 Å². The van der Waals surface area contributed by atoms with Gasteiger partial charge in [-0.05, 0) is 11.3 Å². The van der Waals surface area contributed by atoms with Gasteiger partial charge in [-0.1, -0.05) is 0 Å². The first-order valence-electron chi connectivity index (χ1n) is 5.79. The van der Waals surface area contributed by atoms with E-state index >= 15 is 0 Å². The fraction of sp³-hybridized carbons (Fsp3) is 0.600. The first-order chi connectivity index (χ1) is 9.00. The number of likely N-dealkylation sites (N-methyl/N-ethyl adjacent to an activating group) is 1. The molecule has 1 amide bonds. The van der Waals surface area contributed by atoms with Gasteiger partial charge in [0.25, 0.3) is 0 Å². The van der Waals surface area contributed by atoms with Gasteiger partial charge in [0.15, 0.2) is 5.13 Å². The van der Waals surface area contributed by atoms with Gasteiger partial charge in [-0.25, -0.2) is 4.98 Å². The van der Waals surface area contributed by atoms with Gasteiger partial charge >= 0.3 is 5.00 Å². The topological polar surface area (TPSA) is 91.6 Å². The minimum absolute atomic E-state index is 0.00964. The fourth-order valence-corrected chi connectivity index (χ4v) is 2.73. The molecule has 0 aliphatic carbocycles. The second-order valence-corrected chi connectivity index (χ2v) is 5.37. The third kappa shape index (κ3) is 2.82. The summed E-state index contributed by atoms with van der Waals surface area (Å²) in [6.07, 6.45) is 1.24. The largest absolute Gasteiger partial charge is 0.347 e. The van der Waals surface area contributed by atoms with Gasteiger partial charge in [-0.15, -0.1) is 0 Å². The van der Waals surface area contributed by atoms with Crippen molar-refractivity contribution in [2.75, 3.05) is 38.6 Å². The van der Waals surface area contributed by atoms with E-state index in [1.54, 1.807) is 14.1 Å². The van der Waals surface area contributed by atoms with Gasteiger partial charge in [0.05, 0.1) is 4.92 Å². The van der Waals surface area contributed by atoms with Crippen LogP contribution in [0.25, 0.3) is 0 Å². The fourth-order valence-electron chi connectivity index (χ4n) is 1.93. The molecular weight excluding hydrogens is 270 g/mol. The van der Waals surface area contributed by atoms with Gasteiger partial charge in [-0.2, -0.15) is 0 Å². The maximum atomic E-state index is 12.1. The molecule has 1 aliphatic rings. The highest BCUT2D eigenvalue weighted by Crippen LogP contribution is 2.30. The van der Waals surface area contributed by atoms with Crippen LogP contribution in [0, 0.1) is 10.1 Å². The summed E-state index contributed by atoms with van der Waals surface area (Å²) in [7, 11) is 3.39. The van der Waals surface area contributed by atoms with E-state index in [-0.39, 0.29) is 17.0 Å². The van der Waals surface area contributed by atoms with Crippen molar-refractivity contribution < 1.29 is 9.72 Å². The van der Waals surface area contributed by atoms with E-state index in [1.165, 1.54) is 11.1 Å². The van der Waals surface area contributed by atoms with E-state index in [1.807, 2.05) is 4.90 Å². The van der Waals surface area contributed by atoms with E-state index < -0.39 is 4.92 Å². The zero-order valence-electron chi connectivity index (χ0n) is 10.7. The SMILES string of the molecule is CN(C)C(=O)C1CNCCN1c1ncc([N+](=O)[O-])s1. The third-order valence-corrected chi connectivity index (χ3v) is 3.86. The Balaban J connectivity index is 2.23. The number of carbonyl (C=O) groups is 1. The lowest BCUT2D eigenvalue weighted by atomic mass is 10.2. The van der Waals surface area contributed by atoms with Crippen molar-refractivity contribution in [1.82, 2.24) is 15.2 Å². The van der Waals surface area contributed by atoms with Crippen molar-refractivity contribution >= 4 is 27.4 Å². The lowest BCUT2D eigenvalue weighted by molar-refractivity contribution is -0.380. The molecule has 1 aromatic rings. The van der Waals surface area contributed by atoms with E-state index in [4.69, 9.17) is 0 Å². The van der Waals surface area contributed by atoms with Gasteiger partial charge < -0.3 is 15.1 Å². The van der Waals surface area contributed by atoms with E-state index in [2.05, 4.69) is 10.3 Å². The number of hydrogen-bond donors (Lipinski definition) is 1. The maximum absolute atomic E-state index is 12.1. The highest BCUT2D eigenvalue weighted by Gasteiger charge is 2.32. The molecule has 1 aromatic heterocycles. The highest BCUT2D eigenvalue weighted by molar-refractivity contribution is 7.18. The number of piperazine rings is 1. The maximum Gasteiger partial charge on any atom is 0.345 e. The van der Waals surface area contributed by atoms with E-state index in [9.17, 15) is 14.9 Å². The molecule has 19 heavy (non-hydrogen) atoms. The second-order valence-electron chi connectivity index (χ2n) is 4.38. The number of amides is 1. The summed E-state index contributed by atoms with van der Waals surface area (Å²) in [4.78, 5) is 29.7. The molecule has 2 rings (SSSR count). The predicted octanol–water partition coefficient (Wildman–Crippen LogP) is -0.0823. The number of anilines is 1. The Bertz CT molecular complexity index is 489. The number of rotatable bonds is 3. The monoisotopic (exact) mass is 285 g/mol. The molecule has 1 fully saturated rings. The number of nitro groups is 1. The Hall–Kier alpha value is -1.74. The van der Waals surface area contributed by atoms with Crippen molar-refractivity contribution in [2.24, 2.45) is 0 Å². The van der Waals surface area contributed by atoms with E-state index in [0.717, 1.165) is 17.9 Å². The molecule has 0 radical (unpaired) electrons. The molecule has 0 bridgehead atoms. The smallest absolute Gasteiger partial charge is 0.345 e. The van der Waals surface area contributed by atoms with Crippen LogP contribution in [0.5, 0.6) is 0 Å². The summed E-state index contributed by atoms with van der Waals surface area (Å²) in [6.45, 7) is 1.85. The molecule has 1 N–H and O–H groups in total. The molecule has 1 atom stereocenters. The summed E-state index contributed by atoms with van der Waals surface area (Å²) in [6, 6.07) is -0.366. The Morgan fingerprint density at radius 1 is 1.68 bits per heavy atom. The summed E-state index contributed by atoms with van der Waals surface area (Å²) in [5.74, 6) is -0.0370. The number of nitrogens with zero attached hydrogens (tertiary/aromatic N) is 4. The molecule has 8 nitrogen and oxygen atoms in total. The number of nitrogens with one attached hydrogen (secondary N) is 1. The Labute approximate surface area is 114 Å². The van der Waals surface area contributed by atoms with Crippen molar-refractivity contribution in [3.63, 3.8) is 0 Å². The highest BCUT2D eigenvalue weighted by atomic mass is 32.1. The average Bonchev–Trinajstić information content (AvgIpc) is 2.87. The molecule has 0 saturated carbocycles. The molecule has 1 unspecified atom stereocenters. The molecule has 0 spiro atoms. The van der Waals surface area contributed by atoms with Crippen LogP contribution >= 0.6 is 11.3 Å². The Morgan fingerprint density at radius 2 is 2.42 bits per heavy atom. The molecule has 9 heteroatoms. The third-order valence-electron chi connectivity index (χ3n) is 2.88. The molecule has 1 aliphatic heterocycles. The van der Waals surface area contributed by atoms with Gasteiger partial charge in [0.1, 0.15) is 12.2 Å². The van der Waals surface area contributed by atoms with Crippen LogP contribution in [0.3, 0.4) is 0 Å². The van der Waals surface area contributed by atoms with Crippen LogP contribution in [0.4, 0.5) is 10.1 Å². The molecule has 1 saturated heterocycles. The lowest BCUT2D eigenvalue weighted by Gasteiger charge is -2.36. The quantitative estimate of drug-likeness (QED) is 0.617. The second kappa shape index (κ2) is 5.49. The molecular formula is C10H15N5O3S. The summed E-state index contributed by atoms with van der Waals surface area (Å²) >= 11 is 0.998. The molecule has 104 valence electrons. The van der Waals surface area contributed by atoms with Crippen LogP contribution in [-0.2, 0) is 4.79 Å². The van der Waals surface area contributed by atoms with Crippen LogP contribution in [0.1, 0.15) is 0 Å². The number of carbonyl (C=O) groups excluding carboxylic acids is 1. The van der Waals surface area contributed by atoms with Crippen molar-refractivity contribution in [1.29, 1.82) is 0 Å². The number of aromatic nitrogens is 1. The minimum atomic E-state index is -0.466. The normalized spacial score (nSPS) is 19.3. The van der Waals surface area contributed by atoms with Gasteiger partial charge in [0.2, 0.25) is 5.91 Å². The van der Waals surface area contributed by atoms with Crippen LogP contribution in [0.15, 0.2) is 6.20 Å². The zero-order chi connectivity index (χ0) is 14.0. The minimum Gasteiger partial charge on any atom is -0.347 e. The zero-order valence-corrected chi connectivity index (χ0v) is 11.5. The van der Waals surface area contributed by atoms with Crippen LogP contribution < -0.4 is 10.2 Å². The summed E-state index contributed by atoms with van der Waals surface area (Å²) in [5.41, 5.74) is 0. The van der Waals surface area contributed by atoms with Crippen molar-refractivity contribution in [2.45, 2.75) is 6.04 Å². The number of hydrogen-bond acceptors (Lipinski definition) is 7. The Kier molecular flexibility index (Phi) is 3.96. The lowest BCUT2D eigenvalue weighted by Crippen LogP contribution is -2.57. The van der Waals surface area contributed by atoms with Crippen LogP contribution in [-0.4, -0.2) is 60.5 Å². The predicted molar refractivity (Wildman–Crippen MR) is 71.5 cm³/mol. The van der Waals surface area contributed by atoms with E-state index in [0.29, 0.717) is 18.2 Å². The number of thiazole rings is 1. The standard InChI is InChI=1S/C10H15N5O3S/c1-13(2)9(16)7-5-11-3-4-14(7)10-12-6-8(19-10)15(17)18/h6-7,11H,3-5H2,1-2H3. The first-order valence-corrected chi connectivity index (χ1v) is 6.61.